The van der Waals surface area contributed by atoms with E-state index in [2.05, 4.69) is 47.7 Å². The van der Waals surface area contributed by atoms with Gasteiger partial charge in [-0.25, -0.2) is 0 Å². The zero-order chi connectivity index (χ0) is 17.0. The SMILES string of the molecule is C=C(CCC(C)(C)[Si](C)(C)O)CNc1c(Br)cccc1C#N. The van der Waals surface area contributed by atoms with E-state index in [-0.39, 0.29) is 5.04 Å². The van der Waals surface area contributed by atoms with Crippen molar-refractivity contribution in [2.45, 2.75) is 44.8 Å². The number of anilines is 1. The van der Waals surface area contributed by atoms with Crippen LogP contribution in [0.15, 0.2) is 34.8 Å². The van der Waals surface area contributed by atoms with Gasteiger partial charge in [0, 0.05) is 11.0 Å². The van der Waals surface area contributed by atoms with Crippen molar-refractivity contribution < 1.29 is 4.80 Å². The molecule has 0 heterocycles. The van der Waals surface area contributed by atoms with E-state index in [1.54, 1.807) is 6.07 Å². The molecule has 1 rings (SSSR count). The monoisotopic (exact) mass is 380 g/mol. The largest absolute Gasteiger partial charge is 0.432 e. The summed E-state index contributed by atoms with van der Waals surface area (Å²) in [5.74, 6) is 0. The van der Waals surface area contributed by atoms with Crippen molar-refractivity contribution >= 4 is 29.9 Å². The zero-order valence-corrected chi connectivity index (χ0v) is 16.4. The summed E-state index contributed by atoms with van der Waals surface area (Å²) in [6.07, 6.45) is 1.79. The minimum absolute atomic E-state index is 0.0406. The molecule has 0 aromatic heterocycles. The molecule has 5 heteroatoms. The molecule has 0 fully saturated rings. The number of hydrogen-bond acceptors (Lipinski definition) is 3. The highest BCUT2D eigenvalue weighted by molar-refractivity contribution is 9.10. The van der Waals surface area contributed by atoms with E-state index in [1.165, 1.54) is 0 Å². The second-order valence-electron chi connectivity index (χ2n) is 6.82. The Kier molecular flexibility index (Phi) is 6.42. The molecule has 0 saturated carbocycles. The third-order valence-electron chi connectivity index (χ3n) is 4.41. The third-order valence-corrected chi connectivity index (χ3v) is 8.63. The first-order valence-corrected chi connectivity index (χ1v) is 11.1. The van der Waals surface area contributed by atoms with Crippen LogP contribution in [0.25, 0.3) is 0 Å². The van der Waals surface area contributed by atoms with Crippen LogP contribution in [0.5, 0.6) is 0 Å². The van der Waals surface area contributed by atoms with Crippen molar-refractivity contribution in [1.82, 2.24) is 0 Å². The summed E-state index contributed by atoms with van der Waals surface area (Å²) in [5.41, 5.74) is 2.50. The molecule has 2 N–H and O–H groups in total. The van der Waals surface area contributed by atoms with Crippen LogP contribution in [-0.4, -0.2) is 19.7 Å². The molecule has 0 aliphatic heterocycles. The summed E-state index contributed by atoms with van der Waals surface area (Å²) in [6, 6.07) is 7.74. The zero-order valence-electron chi connectivity index (χ0n) is 13.8. The number of hydrogen-bond donors (Lipinski definition) is 2. The van der Waals surface area contributed by atoms with Gasteiger partial charge in [-0.05, 0) is 59.0 Å². The fourth-order valence-corrected chi connectivity index (χ4v) is 3.14. The molecule has 1 aromatic carbocycles. The number of nitrogens with one attached hydrogen (secondary N) is 1. The van der Waals surface area contributed by atoms with E-state index in [0.29, 0.717) is 12.1 Å². The molecule has 3 nitrogen and oxygen atoms in total. The van der Waals surface area contributed by atoms with E-state index >= 15 is 0 Å². The van der Waals surface area contributed by atoms with Crippen LogP contribution in [0, 0.1) is 11.3 Å². The second-order valence-corrected chi connectivity index (χ2v) is 12.1. The molecule has 0 aliphatic carbocycles. The molecule has 1 aromatic rings. The van der Waals surface area contributed by atoms with Gasteiger partial charge in [-0.15, -0.1) is 0 Å². The maximum atomic E-state index is 10.3. The van der Waals surface area contributed by atoms with E-state index in [4.69, 9.17) is 5.26 Å². The highest BCUT2D eigenvalue weighted by Gasteiger charge is 2.37. The van der Waals surface area contributed by atoms with Gasteiger partial charge < -0.3 is 10.1 Å². The highest BCUT2D eigenvalue weighted by Crippen LogP contribution is 2.40. The van der Waals surface area contributed by atoms with Crippen LogP contribution in [0.3, 0.4) is 0 Å². The maximum absolute atomic E-state index is 10.3. The normalized spacial score (nSPS) is 11.9. The average molecular weight is 381 g/mol. The summed E-state index contributed by atoms with van der Waals surface area (Å²) in [4.78, 5) is 10.3. The molecule has 0 atom stereocenters. The van der Waals surface area contributed by atoms with Crippen LogP contribution in [0.2, 0.25) is 18.1 Å². The molecule has 22 heavy (non-hydrogen) atoms. The Hall–Kier alpha value is -1.09. The molecule has 0 unspecified atom stereocenters. The summed E-state index contributed by atoms with van der Waals surface area (Å²) in [6.45, 7) is 13.0. The van der Waals surface area contributed by atoms with Crippen molar-refractivity contribution in [2.75, 3.05) is 11.9 Å². The quantitative estimate of drug-likeness (QED) is 0.514. The molecular weight excluding hydrogens is 356 g/mol. The van der Waals surface area contributed by atoms with Crippen molar-refractivity contribution in [3.63, 3.8) is 0 Å². The topological polar surface area (TPSA) is 56.0 Å². The molecule has 0 aliphatic rings. The van der Waals surface area contributed by atoms with Crippen LogP contribution in [0.1, 0.15) is 32.3 Å². The number of nitrogens with zero attached hydrogens (tertiary/aromatic N) is 1. The Bertz CT molecular complexity index is 585. The first-order valence-electron chi connectivity index (χ1n) is 7.40. The molecule has 0 amide bonds. The molecular formula is C17H25BrN2OSi. The standard InChI is InChI=1S/C17H25BrN2OSi/c1-13(9-10-17(2,3)22(4,5)21)12-20-16-14(11-19)7-6-8-15(16)18/h6-8,20-21H,1,9-10,12H2,2-5H3. The first kappa shape index (κ1) is 19.0. The van der Waals surface area contributed by atoms with E-state index in [1.807, 2.05) is 25.2 Å². The molecule has 0 bridgehead atoms. The maximum Gasteiger partial charge on any atom is 0.188 e. The smallest absolute Gasteiger partial charge is 0.188 e. The third kappa shape index (κ3) is 4.98. The minimum Gasteiger partial charge on any atom is -0.432 e. The number of nitriles is 1. The second kappa shape index (κ2) is 7.45. The predicted octanol–water partition coefficient (Wildman–Crippen LogP) is 5.05. The number of halogens is 1. The van der Waals surface area contributed by atoms with Crippen molar-refractivity contribution in [1.29, 1.82) is 5.26 Å². The fraction of sp³-hybridized carbons (Fsp3) is 0.471. The lowest BCUT2D eigenvalue weighted by Crippen LogP contribution is -2.39. The van der Waals surface area contributed by atoms with Gasteiger partial charge in [0.05, 0.1) is 11.3 Å². The predicted molar refractivity (Wildman–Crippen MR) is 99.5 cm³/mol. The van der Waals surface area contributed by atoms with Crippen LogP contribution in [0.4, 0.5) is 5.69 Å². The first-order chi connectivity index (χ1) is 10.1. The molecule has 0 radical (unpaired) electrons. The Balaban J connectivity index is 2.61. The van der Waals surface area contributed by atoms with Gasteiger partial charge in [-0.1, -0.05) is 32.1 Å². The summed E-state index contributed by atoms with van der Waals surface area (Å²) < 4.78 is 0.878. The van der Waals surface area contributed by atoms with E-state index in [0.717, 1.165) is 28.6 Å². The Labute approximate surface area is 143 Å². The lowest BCUT2D eigenvalue weighted by molar-refractivity contribution is 0.450. The lowest BCUT2D eigenvalue weighted by Gasteiger charge is -2.35. The Morgan fingerprint density at radius 3 is 2.64 bits per heavy atom. The summed E-state index contributed by atoms with van der Waals surface area (Å²) >= 11 is 3.46. The number of rotatable bonds is 7. The van der Waals surface area contributed by atoms with Crippen molar-refractivity contribution in [3.05, 3.63) is 40.4 Å². The van der Waals surface area contributed by atoms with Crippen molar-refractivity contribution in [3.8, 4) is 6.07 Å². The lowest BCUT2D eigenvalue weighted by atomic mass is 10.0. The van der Waals surface area contributed by atoms with Crippen molar-refractivity contribution in [2.24, 2.45) is 0 Å². The van der Waals surface area contributed by atoms with Gasteiger partial charge in [0.1, 0.15) is 6.07 Å². The van der Waals surface area contributed by atoms with Crippen LogP contribution < -0.4 is 5.32 Å². The van der Waals surface area contributed by atoms with Gasteiger partial charge >= 0.3 is 0 Å². The Morgan fingerprint density at radius 2 is 2.09 bits per heavy atom. The van der Waals surface area contributed by atoms with Gasteiger partial charge in [-0.3, -0.25) is 0 Å². The van der Waals surface area contributed by atoms with E-state index in [9.17, 15) is 4.80 Å². The summed E-state index contributed by atoms with van der Waals surface area (Å²) in [7, 11) is -2.17. The molecule has 0 spiro atoms. The highest BCUT2D eigenvalue weighted by atomic mass is 79.9. The number of benzene rings is 1. The molecule has 0 saturated heterocycles. The van der Waals surface area contributed by atoms with Gasteiger partial charge in [0.2, 0.25) is 0 Å². The Morgan fingerprint density at radius 1 is 1.45 bits per heavy atom. The van der Waals surface area contributed by atoms with E-state index < -0.39 is 8.32 Å². The van der Waals surface area contributed by atoms with Crippen LogP contribution in [-0.2, 0) is 0 Å². The summed E-state index contributed by atoms with van der Waals surface area (Å²) in [5, 5.41) is 12.4. The van der Waals surface area contributed by atoms with Gasteiger partial charge in [0.25, 0.3) is 0 Å². The minimum atomic E-state index is -2.17. The fourth-order valence-electron chi connectivity index (χ4n) is 1.89. The number of para-hydroxylation sites is 1. The van der Waals surface area contributed by atoms with Crippen LogP contribution >= 0.6 is 15.9 Å². The average Bonchev–Trinajstić information content (AvgIpc) is 2.42. The van der Waals surface area contributed by atoms with Gasteiger partial charge in [0.15, 0.2) is 8.32 Å². The molecule has 120 valence electrons. The van der Waals surface area contributed by atoms with Gasteiger partial charge in [-0.2, -0.15) is 5.26 Å².